The van der Waals surface area contributed by atoms with Gasteiger partial charge in [0.1, 0.15) is 0 Å². The molecule has 3 rings (SSSR count). The Morgan fingerprint density at radius 2 is 1.62 bits per heavy atom. The number of carbonyl (C=O) groups excluding carboxylic acids is 2. The first-order chi connectivity index (χ1) is 12.5. The third kappa shape index (κ3) is 4.51. The van der Waals surface area contributed by atoms with E-state index in [9.17, 15) is 9.59 Å². The van der Waals surface area contributed by atoms with Crippen LogP contribution in [0.4, 0.5) is 5.69 Å². The van der Waals surface area contributed by atoms with Crippen molar-refractivity contribution >= 4 is 40.7 Å². The fraction of sp³-hybridized carbons (Fsp3) is 0.579. The molecule has 2 amide bonds. The second-order valence-corrected chi connectivity index (χ2v) is 8.05. The lowest BCUT2D eigenvalue weighted by Crippen LogP contribution is -2.49. The van der Waals surface area contributed by atoms with E-state index in [1.165, 1.54) is 0 Å². The van der Waals surface area contributed by atoms with Crippen molar-refractivity contribution in [2.75, 3.05) is 38.5 Å². The van der Waals surface area contributed by atoms with Gasteiger partial charge in [-0.05, 0) is 44.9 Å². The number of rotatable bonds is 3. The standard InChI is InChI=1S/C19H25Cl2N3O2/c1-23-9-11-24(12-10-23)19(26)14-7-5-13(6-8-14)18(25)22-16-4-2-3-15(20)17(16)21/h2-4,13-14H,5-12H2,1H3,(H,22,25). The summed E-state index contributed by atoms with van der Waals surface area (Å²) in [5.74, 6) is 0.188. The number of halogens is 2. The molecule has 0 unspecified atom stereocenters. The first kappa shape index (κ1) is 19.5. The van der Waals surface area contributed by atoms with Crippen molar-refractivity contribution in [1.29, 1.82) is 0 Å². The van der Waals surface area contributed by atoms with Crippen LogP contribution in [0.2, 0.25) is 10.0 Å². The highest BCUT2D eigenvalue weighted by Gasteiger charge is 2.33. The van der Waals surface area contributed by atoms with Crippen LogP contribution < -0.4 is 5.32 Å². The third-order valence-corrected chi connectivity index (χ3v) is 6.29. The summed E-state index contributed by atoms with van der Waals surface area (Å²) in [6.45, 7) is 3.49. The quantitative estimate of drug-likeness (QED) is 0.848. The van der Waals surface area contributed by atoms with Crippen molar-refractivity contribution in [3.05, 3.63) is 28.2 Å². The monoisotopic (exact) mass is 397 g/mol. The number of benzene rings is 1. The molecule has 0 atom stereocenters. The molecule has 142 valence electrons. The number of anilines is 1. The number of nitrogens with one attached hydrogen (secondary N) is 1. The van der Waals surface area contributed by atoms with Crippen LogP contribution in [0.15, 0.2) is 18.2 Å². The van der Waals surface area contributed by atoms with E-state index in [1.807, 2.05) is 4.90 Å². The maximum Gasteiger partial charge on any atom is 0.227 e. The van der Waals surface area contributed by atoms with E-state index in [-0.39, 0.29) is 23.7 Å². The molecule has 1 aromatic rings. The van der Waals surface area contributed by atoms with Gasteiger partial charge in [-0.3, -0.25) is 9.59 Å². The average molecular weight is 398 g/mol. The fourth-order valence-electron chi connectivity index (χ4n) is 3.72. The molecule has 1 saturated heterocycles. The Labute approximate surface area is 164 Å². The zero-order valence-electron chi connectivity index (χ0n) is 15.0. The molecule has 1 saturated carbocycles. The summed E-state index contributed by atoms with van der Waals surface area (Å²) in [6.07, 6.45) is 3.00. The normalized spacial score (nSPS) is 24.3. The predicted molar refractivity (Wildman–Crippen MR) is 105 cm³/mol. The second-order valence-electron chi connectivity index (χ2n) is 7.27. The van der Waals surface area contributed by atoms with Crippen LogP contribution >= 0.6 is 23.2 Å². The largest absolute Gasteiger partial charge is 0.340 e. The highest BCUT2D eigenvalue weighted by atomic mass is 35.5. The van der Waals surface area contributed by atoms with Gasteiger partial charge in [-0.1, -0.05) is 29.3 Å². The van der Waals surface area contributed by atoms with Gasteiger partial charge >= 0.3 is 0 Å². The molecule has 0 aromatic heterocycles. The van der Waals surface area contributed by atoms with E-state index in [2.05, 4.69) is 17.3 Å². The molecule has 0 radical (unpaired) electrons. The number of nitrogens with zero attached hydrogens (tertiary/aromatic N) is 2. The molecule has 1 aliphatic carbocycles. The van der Waals surface area contributed by atoms with Crippen molar-refractivity contribution < 1.29 is 9.59 Å². The first-order valence-corrected chi connectivity index (χ1v) is 9.93. The van der Waals surface area contributed by atoms with Gasteiger partial charge in [0.25, 0.3) is 0 Å². The molecule has 7 heteroatoms. The minimum Gasteiger partial charge on any atom is -0.340 e. The topological polar surface area (TPSA) is 52.7 Å². The van der Waals surface area contributed by atoms with Gasteiger partial charge in [0.05, 0.1) is 15.7 Å². The highest BCUT2D eigenvalue weighted by molar-refractivity contribution is 6.44. The van der Waals surface area contributed by atoms with Gasteiger partial charge in [-0.2, -0.15) is 0 Å². The molecule has 26 heavy (non-hydrogen) atoms. The summed E-state index contributed by atoms with van der Waals surface area (Å²) in [5.41, 5.74) is 0.541. The Morgan fingerprint density at radius 3 is 2.27 bits per heavy atom. The Hall–Kier alpha value is -1.30. The Morgan fingerprint density at radius 1 is 1.00 bits per heavy atom. The van der Waals surface area contributed by atoms with Crippen LogP contribution in [0.1, 0.15) is 25.7 Å². The van der Waals surface area contributed by atoms with Crippen LogP contribution in [-0.4, -0.2) is 54.8 Å². The van der Waals surface area contributed by atoms with Crippen molar-refractivity contribution in [2.45, 2.75) is 25.7 Å². The number of likely N-dealkylation sites (N-methyl/N-ethyl adjacent to an activating group) is 1. The second kappa shape index (κ2) is 8.59. The van der Waals surface area contributed by atoms with E-state index >= 15 is 0 Å². The maximum absolute atomic E-state index is 12.7. The van der Waals surface area contributed by atoms with Gasteiger partial charge in [-0.15, -0.1) is 0 Å². The fourth-order valence-corrected chi connectivity index (χ4v) is 4.07. The van der Waals surface area contributed by atoms with E-state index in [1.54, 1.807) is 18.2 Å². The molecule has 5 nitrogen and oxygen atoms in total. The summed E-state index contributed by atoms with van der Waals surface area (Å²) in [4.78, 5) is 29.4. The van der Waals surface area contributed by atoms with Gasteiger partial charge in [0.2, 0.25) is 11.8 Å². The van der Waals surface area contributed by atoms with E-state index in [0.717, 1.165) is 51.9 Å². The molecule has 1 aliphatic heterocycles. The number of hydrogen-bond acceptors (Lipinski definition) is 3. The van der Waals surface area contributed by atoms with Crippen molar-refractivity contribution in [1.82, 2.24) is 9.80 Å². The molecule has 1 heterocycles. The maximum atomic E-state index is 12.7. The molecule has 2 aliphatic rings. The highest BCUT2D eigenvalue weighted by Crippen LogP contribution is 2.33. The van der Waals surface area contributed by atoms with Crippen molar-refractivity contribution in [3.63, 3.8) is 0 Å². The molecule has 0 bridgehead atoms. The van der Waals surface area contributed by atoms with Crippen LogP contribution in [0.5, 0.6) is 0 Å². The van der Waals surface area contributed by atoms with E-state index in [4.69, 9.17) is 23.2 Å². The summed E-state index contributed by atoms with van der Waals surface area (Å²) < 4.78 is 0. The van der Waals surface area contributed by atoms with Crippen LogP contribution in [-0.2, 0) is 9.59 Å². The molecule has 1 N–H and O–H groups in total. The smallest absolute Gasteiger partial charge is 0.227 e. The number of carbonyl (C=O) groups is 2. The van der Waals surface area contributed by atoms with Crippen molar-refractivity contribution in [3.8, 4) is 0 Å². The number of hydrogen-bond donors (Lipinski definition) is 1. The lowest BCUT2D eigenvalue weighted by Gasteiger charge is -2.36. The molecule has 2 fully saturated rings. The summed E-state index contributed by atoms with van der Waals surface area (Å²) >= 11 is 12.1. The van der Waals surface area contributed by atoms with Crippen LogP contribution in [0, 0.1) is 11.8 Å². The van der Waals surface area contributed by atoms with Gasteiger partial charge in [0.15, 0.2) is 0 Å². The Balaban J connectivity index is 1.51. The summed E-state index contributed by atoms with van der Waals surface area (Å²) in [5, 5.41) is 3.66. The lowest BCUT2D eigenvalue weighted by molar-refractivity contribution is -0.139. The van der Waals surface area contributed by atoms with Crippen LogP contribution in [0.3, 0.4) is 0 Å². The minimum absolute atomic E-state index is 0.0420. The SMILES string of the molecule is CN1CCN(C(=O)C2CCC(C(=O)Nc3cccc(Cl)c3Cl)CC2)CC1. The van der Waals surface area contributed by atoms with Gasteiger partial charge in [-0.25, -0.2) is 0 Å². The summed E-state index contributed by atoms with van der Waals surface area (Å²) in [7, 11) is 2.08. The average Bonchev–Trinajstić information content (AvgIpc) is 2.65. The molecular weight excluding hydrogens is 373 g/mol. The Bertz CT molecular complexity index is 667. The zero-order chi connectivity index (χ0) is 18.7. The zero-order valence-corrected chi connectivity index (χ0v) is 16.5. The number of piperazine rings is 1. The summed E-state index contributed by atoms with van der Waals surface area (Å²) in [6, 6.07) is 5.19. The molecule has 1 aromatic carbocycles. The van der Waals surface area contributed by atoms with Crippen molar-refractivity contribution in [2.24, 2.45) is 11.8 Å². The molecule has 0 spiro atoms. The van der Waals surface area contributed by atoms with Gasteiger partial charge < -0.3 is 15.1 Å². The predicted octanol–water partition coefficient (Wildman–Crippen LogP) is 3.51. The molecular formula is C19H25Cl2N3O2. The first-order valence-electron chi connectivity index (χ1n) is 9.18. The van der Waals surface area contributed by atoms with E-state index in [0.29, 0.717) is 15.7 Å². The van der Waals surface area contributed by atoms with E-state index < -0.39 is 0 Å². The van der Waals surface area contributed by atoms with Crippen LogP contribution in [0.25, 0.3) is 0 Å². The number of amides is 2. The Kier molecular flexibility index (Phi) is 6.43. The minimum atomic E-state index is -0.0819. The van der Waals surface area contributed by atoms with Gasteiger partial charge in [0, 0.05) is 38.0 Å². The lowest BCUT2D eigenvalue weighted by atomic mass is 9.80. The third-order valence-electron chi connectivity index (χ3n) is 5.47.